The van der Waals surface area contributed by atoms with Gasteiger partial charge in [-0.05, 0) is 18.9 Å². The minimum absolute atomic E-state index is 0. The van der Waals surface area contributed by atoms with E-state index in [2.05, 4.69) is 51.7 Å². The van der Waals surface area contributed by atoms with E-state index in [4.69, 9.17) is 0 Å². The summed E-state index contributed by atoms with van der Waals surface area (Å²) in [5.41, 5.74) is 2.49. The van der Waals surface area contributed by atoms with Crippen LogP contribution >= 0.6 is 24.0 Å². The molecule has 0 fully saturated rings. The summed E-state index contributed by atoms with van der Waals surface area (Å²) in [5.74, 6) is 0.870. The molecule has 5 nitrogen and oxygen atoms in total. The first-order valence-electron chi connectivity index (χ1n) is 7.80. The van der Waals surface area contributed by atoms with Crippen molar-refractivity contribution in [2.75, 3.05) is 27.2 Å². The van der Waals surface area contributed by atoms with Gasteiger partial charge in [0.2, 0.25) is 5.91 Å². The van der Waals surface area contributed by atoms with Crippen molar-refractivity contribution in [3.8, 4) is 0 Å². The predicted octanol–water partition coefficient (Wildman–Crippen LogP) is 2.54. The van der Waals surface area contributed by atoms with Crippen molar-refractivity contribution in [1.29, 1.82) is 0 Å². The van der Waals surface area contributed by atoms with Gasteiger partial charge in [-0.15, -0.1) is 24.0 Å². The van der Waals surface area contributed by atoms with Crippen molar-refractivity contribution in [3.05, 3.63) is 35.4 Å². The molecule has 0 aromatic heterocycles. The van der Waals surface area contributed by atoms with Gasteiger partial charge in [-0.3, -0.25) is 9.79 Å². The highest BCUT2D eigenvalue weighted by Gasteiger charge is 2.07. The van der Waals surface area contributed by atoms with Gasteiger partial charge in [-0.2, -0.15) is 0 Å². The van der Waals surface area contributed by atoms with Gasteiger partial charge in [-0.25, -0.2) is 0 Å². The maximum absolute atomic E-state index is 11.6. The number of rotatable bonds is 7. The Hall–Kier alpha value is -1.31. The van der Waals surface area contributed by atoms with Crippen LogP contribution < -0.4 is 10.6 Å². The van der Waals surface area contributed by atoms with Crippen LogP contribution in [0.1, 0.15) is 30.9 Å². The molecule has 1 amide bonds. The molecule has 0 aliphatic rings. The molecule has 1 aromatic carbocycles. The summed E-state index contributed by atoms with van der Waals surface area (Å²) in [4.78, 5) is 17.9. The second-order valence-electron chi connectivity index (χ2n) is 5.42. The number of nitrogens with zero attached hydrogens (tertiary/aromatic N) is 2. The lowest BCUT2D eigenvalue weighted by Crippen LogP contribution is -2.40. The van der Waals surface area contributed by atoms with Gasteiger partial charge in [0.15, 0.2) is 5.96 Å². The molecule has 2 N–H and O–H groups in total. The number of carbonyl (C=O) groups is 1. The first-order valence-corrected chi connectivity index (χ1v) is 7.80. The van der Waals surface area contributed by atoms with Crippen molar-refractivity contribution >= 4 is 35.8 Å². The molecule has 130 valence electrons. The monoisotopic (exact) mass is 432 g/mol. The Bertz CT molecular complexity index is 488. The standard InChI is InChI=1S/C17H28N4O.HI/c1-5-11-19-16(22)10-12-20-17(18-3)21(4)13-15-8-6-14(2)7-9-15;/h6-9H,5,10-13H2,1-4H3,(H,18,20)(H,19,22);1H. The maximum atomic E-state index is 11.6. The normalized spacial score (nSPS) is 10.7. The van der Waals surface area contributed by atoms with Crippen LogP contribution in [0, 0.1) is 6.92 Å². The van der Waals surface area contributed by atoms with Crippen LogP contribution in [0.3, 0.4) is 0 Å². The number of aliphatic imine (C=N–C) groups is 1. The van der Waals surface area contributed by atoms with Gasteiger partial charge in [0, 0.05) is 40.2 Å². The molecule has 6 heteroatoms. The van der Waals surface area contributed by atoms with Gasteiger partial charge in [0.25, 0.3) is 0 Å². The van der Waals surface area contributed by atoms with E-state index in [1.807, 2.05) is 14.0 Å². The number of nitrogens with one attached hydrogen (secondary N) is 2. The molecule has 0 aliphatic heterocycles. The van der Waals surface area contributed by atoms with Crippen molar-refractivity contribution in [2.45, 2.75) is 33.2 Å². The van der Waals surface area contributed by atoms with Crippen LogP contribution in [0.25, 0.3) is 0 Å². The van der Waals surface area contributed by atoms with Crippen LogP contribution in [0.15, 0.2) is 29.3 Å². The molecular weight excluding hydrogens is 403 g/mol. The first-order chi connectivity index (χ1) is 10.6. The van der Waals surface area contributed by atoms with E-state index in [1.165, 1.54) is 11.1 Å². The fourth-order valence-electron chi connectivity index (χ4n) is 2.07. The Morgan fingerprint density at radius 1 is 1.17 bits per heavy atom. The van der Waals surface area contributed by atoms with Crippen molar-refractivity contribution in [2.24, 2.45) is 4.99 Å². The van der Waals surface area contributed by atoms with Crippen LogP contribution in [0.4, 0.5) is 0 Å². The highest BCUT2D eigenvalue weighted by atomic mass is 127. The molecule has 0 aliphatic carbocycles. The largest absolute Gasteiger partial charge is 0.356 e. The Kier molecular flexibility index (Phi) is 11.5. The minimum Gasteiger partial charge on any atom is -0.356 e. The van der Waals surface area contributed by atoms with Crippen LogP contribution in [-0.2, 0) is 11.3 Å². The van der Waals surface area contributed by atoms with E-state index < -0.39 is 0 Å². The lowest BCUT2D eigenvalue weighted by Gasteiger charge is -2.22. The number of hydrogen-bond acceptors (Lipinski definition) is 2. The minimum atomic E-state index is 0. The van der Waals surface area contributed by atoms with Gasteiger partial charge in [0.1, 0.15) is 0 Å². The first kappa shape index (κ1) is 21.7. The topological polar surface area (TPSA) is 56.7 Å². The van der Waals surface area contributed by atoms with E-state index in [0.29, 0.717) is 13.0 Å². The van der Waals surface area contributed by atoms with E-state index >= 15 is 0 Å². The molecular formula is C17H29IN4O. The lowest BCUT2D eigenvalue weighted by atomic mass is 10.1. The van der Waals surface area contributed by atoms with Gasteiger partial charge < -0.3 is 15.5 Å². The third kappa shape index (κ3) is 8.78. The van der Waals surface area contributed by atoms with Gasteiger partial charge in [-0.1, -0.05) is 36.8 Å². The zero-order valence-electron chi connectivity index (χ0n) is 14.6. The quantitative estimate of drug-likeness (QED) is 0.396. The van der Waals surface area contributed by atoms with Crippen LogP contribution in [0.2, 0.25) is 0 Å². The Labute approximate surface area is 157 Å². The third-order valence-electron chi connectivity index (χ3n) is 3.32. The number of halogens is 1. The molecule has 0 bridgehead atoms. The average Bonchev–Trinajstić information content (AvgIpc) is 2.51. The van der Waals surface area contributed by atoms with Gasteiger partial charge in [0.05, 0.1) is 0 Å². The SMILES string of the molecule is CCCNC(=O)CCNC(=NC)N(C)Cc1ccc(C)cc1.I. The Morgan fingerprint density at radius 3 is 2.39 bits per heavy atom. The fraction of sp³-hybridized carbons (Fsp3) is 0.529. The smallest absolute Gasteiger partial charge is 0.221 e. The Morgan fingerprint density at radius 2 is 1.83 bits per heavy atom. The average molecular weight is 432 g/mol. The molecule has 0 heterocycles. The molecule has 0 saturated carbocycles. The maximum Gasteiger partial charge on any atom is 0.221 e. The molecule has 1 rings (SSSR count). The molecule has 23 heavy (non-hydrogen) atoms. The third-order valence-corrected chi connectivity index (χ3v) is 3.32. The number of benzene rings is 1. The second-order valence-corrected chi connectivity index (χ2v) is 5.42. The highest BCUT2D eigenvalue weighted by Crippen LogP contribution is 2.05. The molecule has 0 radical (unpaired) electrons. The molecule has 0 unspecified atom stereocenters. The molecule has 0 spiro atoms. The van der Waals surface area contributed by atoms with Crippen molar-refractivity contribution in [1.82, 2.24) is 15.5 Å². The summed E-state index contributed by atoms with van der Waals surface area (Å²) >= 11 is 0. The van der Waals surface area contributed by atoms with E-state index in [1.54, 1.807) is 7.05 Å². The summed E-state index contributed by atoms with van der Waals surface area (Å²) in [6.45, 7) is 6.22. The zero-order chi connectivity index (χ0) is 16.4. The molecule has 1 aromatic rings. The van der Waals surface area contributed by atoms with Gasteiger partial charge >= 0.3 is 0 Å². The number of guanidine groups is 1. The number of amides is 1. The number of aryl methyl sites for hydroxylation is 1. The summed E-state index contributed by atoms with van der Waals surface area (Å²) < 4.78 is 0. The summed E-state index contributed by atoms with van der Waals surface area (Å²) in [6, 6.07) is 8.46. The molecule has 0 atom stereocenters. The van der Waals surface area contributed by atoms with Crippen molar-refractivity contribution in [3.63, 3.8) is 0 Å². The second kappa shape index (κ2) is 12.2. The van der Waals surface area contributed by atoms with Crippen LogP contribution in [-0.4, -0.2) is 44.0 Å². The predicted molar refractivity (Wildman–Crippen MR) is 107 cm³/mol. The highest BCUT2D eigenvalue weighted by molar-refractivity contribution is 14.0. The van der Waals surface area contributed by atoms with E-state index in [9.17, 15) is 4.79 Å². The van der Waals surface area contributed by atoms with Crippen LogP contribution in [0.5, 0.6) is 0 Å². The zero-order valence-corrected chi connectivity index (χ0v) is 16.9. The summed E-state index contributed by atoms with van der Waals surface area (Å²) in [6.07, 6.45) is 1.41. The summed E-state index contributed by atoms with van der Waals surface area (Å²) in [7, 11) is 3.75. The number of carbonyl (C=O) groups excluding carboxylic acids is 1. The number of hydrogen-bond donors (Lipinski definition) is 2. The fourth-order valence-corrected chi connectivity index (χ4v) is 2.07. The Balaban J connectivity index is 0.00000484. The lowest BCUT2D eigenvalue weighted by molar-refractivity contribution is -0.120. The van der Waals surface area contributed by atoms with E-state index in [-0.39, 0.29) is 29.9 Å². The van der Waals surface area contributed by atoms with Crippen molar-refractivity contribution < 1.29 is 4.79 Å². The molecule has 0 saturated heterocycles. The summed E-state index contributed by atoms with van der Waals surface area (Å²) in [5, 5.41) is 6.09. The van der Waals surface area contributed by atoms with E-state index in [0.717, 1.165) is 25.5 Å².